The smallest absolute Gasteiger partial charge is 0.383 e. The van der Waals surface area contributed by atoms with Gasteiger partial charge >= 0.3 is 8.25 Å². The van der Waals surface area contributed by atoms with Crippen molar-refractivity contribution in [1.82, 2.24) is 10.6 Å². The molecule has 0 aliphatic rings. The molecule has 0 aromatic rings. The molecule has 3 atom stereocenters. The van der Waals surface area contributed by atoms with Gasteiger partial charge in [0.2, 0.25) is 5.91 Å². The average molecular weight is 343 g/mol. The summed E-state index contributed by atoms with van der Waals surface area (Å²) in [6.45, 7) is 3.57. The second-order valence-corrected chi connectivity index (χ2v) is 6.36. The highest BCUT2D eigenvalue weighted by Crippen LogP contribution is 2.26. The second-order valence-electron chi connectivity index (χ2n) is 5.18. The molecular formula is C11H24N2O6PS+. The van der Waals surface area contributed by atoms with E-state index in [1.807, 2.05) is 0 Å². The van der Waals surface area contributed by atoms with E-state index in [4.69, 9.17) is 4.89 Å². The summed E-state index contributed by atoms with van der Waals surface area (Å²) in [4.78, 5) is 20.3. The number of aliphatic hydroxyl groups excluding tert-OH is 2. The van der Waals surface area contributed by atoms with E-state index in [1.165, 1.54) is 0 Å². The number of carbonyl (C=O) groups excluding carboxylic acids is 1. The number of hydrogen-bond acceptors (Lipinski definition) is 7. The molecule has 0 aromatic heterocycles. The highest BCUT2D eigenvalue weighted by atomic mass is 32.1. The van der Waals surface area contributed by atoms with E-state index in [2.05, 4.69) is 27.8 Å². The van der Waals surface area contributed by atoms with E-state index in [9.17, 15) is 19.6 Å². The minimum atomic E-state index is -2.77. The maximum absolute atomic E-state index is 11.8. The third kappa shape index (κ3) is 9.36. The van der Waals surface area contributed by atoms with Gasteiger partial charge in [0.25, 0.3) is 0 Å². The SMILES string of the molecule is CC(C)(CO[P+](=O)O)[C@@H](O)C(=O)NCCC(O)NCCS. The average Bonchev–Trinajstić information content (AvgIpc) is 2.42. The number of rotatable bonds is 11. The van der Waals surface area contributed by atoms with Gasteiger partial charge in [0, 0.05) is 35.2 Å². The highest BCUT2D eigenvalue weighted by Gasteiger charge is 2.36. The molecule has 0 rings (SSSR count). The van der Waals surface area contributed by atoms with Crippen LogP contribution in [-0.4, -0.2) is 58.8 Å². The van der Waals surface area contributed by atoms with Gasteiger partial charge in [0.15, 0.2) is 0 Å². The molecule has 0 spiro atoms. The van der Waals surface area contributed by atoms with Gasteiger partial charge in [-0.25, -0.2) is 0 Å². The fourth-order valence-corrected chi connectivity index (χ4v) is 1.99. The number of carbonyl (C=O) groups is 1. The molecule has 0 bridgehead atoms. The van der Waals surface area contributed by atoms with Crippen LogP contribution in [0.15, 0.2) is 0 Å². The molecule has 21 heavy (non-hydrogen) atoms. The van der Waals surface area contributed by atoms with Gasteiger partial charge < -0.3 is 15.5 Å². The Kier molecular flexibility index (Phi) is 10.3. The lowest BCUT2D eigenvalue weighted by Gasteiger charge is -2.27. The van der Waals surface area contributed by atoms with Crippen LogP contribution in [0.3, 0.4) is 0 Å². The van der Waals surface area contributed by atoms with Gasteiger partial charge in [-0.2, -0.15) is 12.6 Å². The molecule has 0 aliphatic heterocycles. The molecule has 8 nitrogen and oxygen atoms in total. The minimum absolute atomic E-state index is 0.182. The van der Waals surface area contributed by atoms with Gasteiger partial charge in [-0.05, 0) is 0 Å². The van der Waals surface area contributed by atoms with Crippen molar-refractivity contribution >= 4 is 26.8 Å². The summed E-state index contributed by atoms with van der Waals surface area (Å²) in [6, 6.07) is 0. The zero-order chi connectivity index (χ0) is 16.5. The molecule has 0 fully saturated rings. The van der Waals surface area contributed by atoms with Crippen molar-refractivity contribution in [3.05, 3.63) is 0 Å². The van der Waals surface area contributed by atoms with Gasteiger partial charge in [-0.15, -0.1) is 9.42 Å². The van der Waals surface area contributed by atoms with Crippen LogP contribution >= 0.6 is 20.9 Å². The van der Waals surface area contributed by atoms with Crippen LogP contribution in [0.2, 0.25) is 0 Å². The summed E-state index contributed by atoms with van der Waals surface area (Å²) in [6.07, 6.45) is -1.87. The van der Waals surface area contributed by atoms with Crippen LogP contribution < -0.4 is 10.6 Å². The van der Waals surface area contributed by atoms with Crippen LogP contribution in [0.25, 0.3) is 0 Å². The monoisotopic (exact) mass is 343 g/mol. The van der Waals surface area contributed by atoms with Crippen molar-refractivity contribution in [2.24, 2.45) is 5.41 Å². The normalized spacial score (nSPS) is 15.4. The Bertz CT molecular complexity index is 345. The number of nitrogens with one attached hydrogen (secondary N) is 2. The molecule has 0 radical (unpaired) electrons. The standard InChI is InChI=1S/C11H23N2O6PS/c1-11(2,7-19-20(17)18)9(15)10(16)13-4-3-8(14)12-5-6-21/h8-9,12,14-15H,3-7H2,1-2H3,(H2-,13,16,17,18,21)/p+1/t8?,9-/m0/s1. The zero-order valence-corrected chi connectivity index (χ0v) is 13.9. The molecule has 124 valence electrons. The molecular weight excluding hydrogens is 319 g/mol. The molecule has 0 saturated heterocycles. The molecule has 0 heterocycles. The Morgan fingerprint density at radius 3 is 2.52 bits per heavy atom. The first-order valence-corrected chi connectivity index (χ1v) is 8.24. The number of aliphatic hydroxyl groups is 2. The Morgan fingerprint density at radius 1 is 1.38 bits per heavy atom. The quantitative estimate of drug-likeness (QED) is 0.168. The van der Waals surface area contributed by atoms with E-state index < -0.39 is 31.9 Å². The highest BCUT2D eigenvalue weighted by molar-refractivity contribution is 7.80. The molecule has 10 heteroatoms. The molecule has 0 saturated carbocycles. The lowest BCUT2D eigenvalue weighted by Crippen LogP contribution is -2.46. The van der Waals surface area contributed by atoms with E-state index >= 15 is 0 Å². The topological polar surface area (TPSA) is 128 Å². The fraction of sp³-hybridized carbons (Fsp3) is 0.909. The van der Waals surface area contributed by atoms with E-state index in [0.717, 1.165) is 0 Å². The minimum Gasteiger partial charge on any atom is -0.383 e. The van der Waals surface area contributed by atoms with Crippen molar-refractivity contribution in [1.29, 1.82) is 0 Å². The van der Waals surface area contributed by atoms with Crippen molar-refractivity contribution < 1.29 is 29.0 Å². The van der Waals surface area contributed by atoms with E-state index in [0.29, 0.717) is 12.3 Å². The summed E-state index contributed by atoms with van der Waals surface area (Å²) in [5, 5.41) is 24.7. The molecule has 5 N–H and O–H groups in total. The Balaban J connectivity index is 4.11. The predicted molar refractivity (Wildman–Crippen MR) is 81.1 cm³/mol. The van der Waals surface area contributed by atoms with Crippen LogP contribution in [0, 0.1) is 5.41 Å². The summed E-state index contributed by atoms with van der Waals surface area (Å²) in [5.41, 5.74) is -1.01. The van der Waals surface area contributed by atoms with Gasteiger partial charge in [-0.1, -0.05) is 13.8 Å². The Hall–Kier alpha value is -0.280. The van der Waals surface area contributed by atoms with Gasteiger partial charge in [0.1, 0.15) is 18.9 Å². The molecule has 2 unspecified atom stereocenters. The molecule has 1 amide bonds. The van der Waals surface area contributed by atoms with Crippen LogP contribution in [0.5, 0.6) is 0 Å². The van der Waals surface area contributed by atoms with Gasteiger partial charge in [-0.3, -0.25) is 10.1 Å². The fourth-order valence-electron chi connectivity index (χ4n) is 1.42. The predicted octanol–water partition coefficient (Wildman–Crippen LogP) is -0.616. The first kappa shape index (κ1) is 20.7. The van der Waals surface area contributed by atoms with Gasteiger partial charge in [0.05, 0.1) is 0 Å². The lowest BCUT2D eigenvalue weighted by atomic mass is 9.87. The van der Waals surface area contributed by atoms with Crippen molar-refractivity contribution in [2.75, 3.05) is 25.4 Å². The summed E-state index contributed by atoms with van der Waals surface area (Å²) < 4.78 is 15.0. The van der Waals surface area contributed by atoms with Crippen molar-refractivity contribution in [3.63, 3.8) is 0 Å². The van der Waals surface area contributed by atoms with Crippen molar-refractivity contribution in [2.45, 2.75) is 32.6 Å². The summed E-state index contributed by atoms with van der Waals surface area (Å²) in [5.74, 6) is -0.0400. The van der Waals surface area contributed by atoms with Crippen LogP contribution in [0.1, 0.15) is 20.3 Å². The van der Waals surface area contributed by atoms with Crippen LogP contribution in [0.4, 0.5) is 0 Å². The van der Waals surface area contributed by atoms with E-state index in [-0.39, 0.29) is 19.6 Å². The Morgan fingerprint density at radius 2 is 2.00 bits per heavy atom. The Labute approximate surface area is 130 Å². The maximum Gasteiger partial charge on any atom is 0.694 e. The largest absolute Gasteiger partial charge is 0.694 e. The maximum atomic E-state index is 11.8. The molecule has 0 aliphatic carbocycles. The third-order valence-electron chi connectivity index (χ3n) is 2.74. The van der Waals surface area contributed by atoms with E-state index in [1.54, 1.807) is 13.8 Å². The first-order chi connectivity index (χ1) is 9.70. The first-order valence-electron chi connectivity index (χ1n) is 6.48. The number of amides is 1. The summed E-state index contributed by atoms with van der Waals surface area (Å²) in [7, 11) is -2.77. The lowest BCUT2D eigenvalue weighted by molar-refractivity contribution is -0.136. The molecule has 0 aromatic carbocycles. The third-order valence-corrected chi connectivity index (χ3v) is 3.32. The summed E-state index contributed by atoms with van der Waals surface area (Å²) >= 11 is 3.98. The number of hydrogen-bond donors (Lipinski definition) is 6. The number of thiol groups is 1. The zero-order valence-electron chi connectivity index (χ0n) is 12.2. The van der Waals surface area contributed by atoms with Crippen molar-refractivity contribution in [3.8, 4) is 0 Å². The second kappa shape index (κ2) is 10.4. The van der Waals surface area contributed by atoms with Crippen LogP contribution in [-0.2, 0) is 13.9 Å².